The molecule has 2 fully saturated rings. The van der Waals surface area contributed by atoms with Gasteiger partial charge in [-0.05, 0) is 48.1 Å². The molecule has 2 aromatic carbocycles. The Morgan fingerprint density at radius 1 is 1.14 bits per heavy atom. The molecular weight excluding hydrogens is 465 g/mol. The van der Waals surface area contributed by atoms with E-state index in [0.717, 1.165) is 16.9 Å². The van der Waals surface area contributed by atoms with Crippen molar-refractivity contribution in [2.24, 2.45) is 5.92 Å². The summed E-state index contributed by atoms with van der Waals surface area (Å²) in [4.78, 5) is 42.7. The third-order valence-electron chi connectivity index (χ3n) is 7.54. The first-order chi connectivity index (χ1) is 17.4. The maximum Gasteiger partial charge on any atom is 0.325 e. The van der Waals surface area contributed by atoms with Crippen molar-refractivity contribution in [3.05, 3.63) is 65.5 Å². The van der Waals surface area contributed by atoms with Crippen LogP contribution in [0.2, 0.25) is 0 Å². The number of hydrogen-bond donors (Lipinski definition) is 1. The molecule has 2 saturated heterocycles. The number of benzene rings is 2. The van der Waals surface area contributed by atoms with Gasteiger partial charge in [-0.15, -0.1) is 0 Å². The Morgan fingerprint density at radius 2 is 1.86 bits per heavy atom. The van der Waals surface area contributed by atoms with Gasteiger partial charge in [0.2, 0.25) is 0 Å². The molecule has 0 aliphatic carbocycles. The fourth-order valence-electron chi connectivity index (χ4n) is 5.61. The minimum Gasteiger partial charge on any atom is -0.480 e. The Hall–Kier alpha value is -3.46. The molecule has 0 radical (unpaired) electrons. The number of hydrogen-bond acceptors (Lipinski definition) is 5. The minimum absolute atomic E-state index is 0.0549. The normalized spacial score (nSPS) is 24.0. The molecule has 8 nitrogen and oxygen atoms in total. The number of amides is 4. The van der Waals surface area contributed by atoms with Gasteiger partial charge in [-0.25, -0.2) is 9.18 Å². The summed E-state index contributed by atoms with van der Waals surface area (Å²) in [6.07, 6.45) is 1.37. The van der Waals surface area contributed by atoms with Crippen LogP contribution in [0.25, 0.3) is 0 Å². The lowest BCUT2D eigenvalue weighted by Gasteiger charge is -2.41. The number of para-hydroxylation sites is 1. The average molecular weight is 496 g/mol. The molecular formula is C27H30FN3O5. The lowest BCUT2D eigenvalue weighted by Crippen LogP contribution is -2.58. The Balaban J connectivity index is 1.31. The van der Waals surface area contributed by atoms with E-state index in [1.807, 2.05) is 24.3 Å². The van der Waals surface area contributed by atoms with Crippen LogP contribution in [0.15, 0.2) is 48.5 Å². The minimum atomic E-state index is -1.15. The van der Waals surface area contributed by atoms with E-state index < -0.39 is 17.7 Å². The zero-order valence-corrected chi connectivity index (χ0v) is 20.2. The molecule has 0 aromatic heterocycles. The summed E-state index contributed by atoms with van der Waals surface area (Å²) in [6.45, 7) is 1.32. The number of ether oxygens (including phenoxy) is 2. The lowest BCUT2D eigenvalue weighted by molar-refractivity contribution is -0.140. The van der Waals surface area contributed by atoms with Crippen molar-refractivity contribution in [3.8, 4) is 5.75 Å². The smallest absolute Gasteiger partial charge is 0.325 e. The van der Waals surface area contributed by atoms with Crippen LogP contribution in [0.4, 0.5) is 9.18 Å². The van der Waals surface area contributed by atoms with Crippen molar-refractivity contribution in [1.29, 1.82) is 0 Å². The molecule has 2 aromatic rings. The topological polar surface area (TPSA) is 88.2 Å². The molecule has 0 spiro atoms. The van der Waals surface area contributed by atoms with Crippen LogP contribution in [0, 0.1) is 11.7 Å². The van der Waals surface area contributed by atoms with Crippen LogP contribution >= 0.6 is 0 Å². The van der Waals surface area contributed by atoms with Gasteiger partial charge >= 0.3 is 6.03 Å². The van der Waals surface area contributed by atoms with Gasteiger partial charge in [0.1, 0.15) is 17.1 Å². The summed E-state index contributed by atoms with van der Waals surface area (Å²) in [5.41, 5.74) is 0.631. The number of methoxy groups -OCH3 is 1. The third kappa shape index (κ3) is 4.43. The van der Waals surface area contributed by atoms with Crippen LogP contribution in [0.5, 0.6) is 5.75 Å². The van der Waals surface area contributed by atoms with E-state index >= 15 is 0 Å². The van der Waals surface area contributed by atoms with Crippen molar-refractivity contribution in [3.63, 3.8) is 0 Å². The standard InChI is InChI=1S/C27H30FN3O5/c1-35-15-14-31-25(33)27(29-26(31)34,17-18-6-8-21(28)9-7-18)20-10-12-30(13-11-20)24(32)23-16-19-4-2-3-5-22(19)36-23/h2-9,20,23H,10-17H2,1H3,(H,29,34). The SMILES string of the molecule is COCCN1C(=O)NC(Cc2ccc(F)cc2)(C2CCN(C(=O)C3Cc4ccccc4O3)CC2)C1=O. The van der Waals surface area contributed by atoms with E-state index in [1.54, 1.807) is 17.0 Å². The molecule has 190 valence electrons. The molecule has 9 heteroatoms. The summed E-state index contributed by atoms with van der Waals surface area (Å²) in [5, 5.41) is 2.98. The molecule has 36 heavy (non-hydrogen) atoms. The average Bonchev–Trinajstić information content (AvgIpc) is 3.43. The predicted molar refractivity (Wildman–Crippen MR) is 129 cm³/mol. The summed E-state index contributed by atoms with van der Waals surface area (Å²) < 4.78 is 24.5. The molecule has 3 aliphatic rings. The van der Waals surface area contributed by atoms with Crippen molar-refractivity contribution in [1.82, 2.24) is 15.1 Å². The van der Waals surface area contributed by atoms with Gasteiger partial charge in [0, 0.05) is 33.0 Å². The number of carbonyl (C=O) groups is 3. The molecule has 0 saturated carbocycles. The van der Waals surface area contributed by atoms with Gasteiger partial charge in [-0.3, -0.25) is 14.5 Å². The highest BCUT2D eigenvalue weighted by Crippen LogP contribution is 2.37. The number of piperidine rings is 1. The number of halogens is 1. The van der Waals surface area contributed by atoms with Gasteiger partial charge in [0.25, 0.3) is 11.8 Å². The number of imide groups is 1. The van der Waals surface area contributed by atoms with E-state index in [0.29, 0.717) is 32.4 Å². The summed E-state index contributed by atoms with van der Waals surface area (Å²) in [7, 11) is 1.52. The van der Waals surface area contributed by atoms with E-state index in [-0.39, 0.29) is 43.1 Å². The monoisotopic (exact) mass is 495 g/mol. The second kappa shape index (κ2) is 9.89. The highest BCUT2D eigenvalue weighted by molar-refractivity contribution is 6.07. The zero-order chi connectivity index (χ0) is 25.3. The molecule has 0 bridgehead atoms. The predicted octanol–water partition coefficient (Wildman–Crippen LogP) is 2.55. The Bertz CT molecular complexity index is 1120. The van der Waals surface area contributed by atoms with Gasteiger partial charge in [-0.1, -0.05) is 30.3 Å². The first-order valence-corrected chi connectivity index (χ1v) is 12.3. The van der Waals surface area contributed by atoms with E-state index in [2.05, 4.69) is 5.32 Å². The number of fused-ring (bicyclic) bond motifs is 1. The Kier molecular flexibility index (Phi) is 6.66. The Labute approximate surface area is 209 Å². The lowest BCUT2D eigenvalue weighted by atomic mass is 9.74. The van der Waals surface area contributed by atoms with E-state index in [4.69, 9.17) is 9.47 Å². The molecule has 3 heterocycles. The molecule has 3 aliphatic heterocycles. The summed E-state index contributed by atoms with van der Waals surface area (Å²) >= 11 is 0. The second-order valence-electron chi connectivity index (χ2n) is 9.67. The summed E-state index contributed by atoms with van der Waals surface area (Å²) in [6, 6.07) is 13.2. The molecule has 2 unspecified atom stereocenters. The molecule has 5 rings (SSSR count). The van der Waals surface area contributed by atoms with Gasteiger partial charge < -0.3 is 19.7 Å². The van der Waals surface area contributed by atoms with Gasteiger partial charge in [0.05, 0.1) is 13.2 Å². The zero-order valence-electron chi connectivity index (χ0n) is 20.2. The van der Waals surface area contributed by atoms with Crippen molar-refractivity contribution < 1.29 is 28.2 Å². The van der Waals surface area contributed by atoms with Crippen LogP contribution < -0.4 is 10.1 Å². The van der Waals surface area contributed by atoms with Gasteiger partial charge in [-0.2, -0.15) is 0 Å². The first kappa shape index (κ1) is 24.2. The number of nitrogens with zero attached hydrogens (tertiary/aromatic N) is 2. The van der Waals surface area contributed by atoms with Crippen molar-refractivity contribution in [2.45, 2.75) is 37.3 Å². The first-order valence-electron chi connectivity index (χ1n) is 12.3. The van der Waals surface area contributed by atoms with Crippen molar-refractivity contribution >= 4 is 17.8 Å². The quantitative estimate of drug-likeness (QED) is 0.597. The van der Waals surface area contributed by atoms with Crippen LogP contribution in [-0.4, -0.2) is 72.6 Å². The van der Waals surface area contributed by atoms with Gasteiger partial charge in [0.15, 0.2) is 6.10 Å². The second-order valence-corrected chi connectivity index (χ2v) is 9.67. The van der Waals surface area contributed by atoms with Crippen LogP contribution in [0.3, 0.4) is 0 Å². The highest BCUT2D eigenvalue weighted by atomic mass is 19.1. The summed E-state index contributed by atoms with van der Waals surface area (Å²) in [5.74, 6) is -0.148. The molecule has 4 amide bonds. The maximum atomic E-state index is 13.7. The van der Waals surface area contributed by atoms with E-state index in [1.165, 1.54) is 24.1 Å². The Morgan fingerprint density at radius 3 is 2.56 bits per heavy atom. The maximum absolute atomic E-state index is 13.7. The number of urea groups is 1. The van der Waals surface area contributed by atoms with Crippen LogP contribution in [-0.2, 0) is 27.2 Å². The number of likely N-dealkylation sites (tertiary alicyclic amines) is 1. The fraction of sp³-hybridized carbons (Fsp3) is 0.444. The fourth-order valence-corrected chi connectivity index (χ4v) is 5.61. The van der Waals surface area contributed by atoms with E-state index in [9.17, 15) is 18.8 Å². The number of carbonyl (C=O) groups excluding carboxylic acids is 3. The number of rotatable bonds is 7. The third-order valence-corrected chi connectivity index (χ3v) is 7.54. The largest absolute Gasteiger partial charge is 0.480 e. The number of nitrogens with one attached hydrogen (secondary N) is 1. The molecule has 1 N–H and O–H groups in total. The highest BCUT2D eigenvalue weighted by Gasteiger charge is 2.56. The molecule has 2 atom stereocenters. The van der Waals surface area contributed by atoms with Crippen LogP contribution in [0.1, 0.15) is 24.0 Å². The van der Waals surface area contributed by atoms with Crippen molar-refractivity contribution in [2.75, 3.05) is 33.4 Å².